The molecule has 1 aromatic rings. The zero-order valence-electron chi connectivity index (χ0n) is 12.7. The largest absolute Gasteiger partial charge is 0.496 e. The Balaban J connectivity index is 3.32. The second kappa shape index (κ2) is 6.13. The van der Waals surface area contributed by atoms with Gasteiger partial charge < -0.3 is 20.3 Å². The van der Waals surface area contributed by atoms with Crippen molar-refractivity contribution in [3.05, 3.63) is 29.8 Å². The molecule has 0 saturated carbocycles. The molecule has 0 radical (unpaired) electrons. The average molecular weight is 295 g/mol. The Morgan fingerprint density at radius 1 is 1.24 bits per heavy atom. The Kier molecular flexibility index (Phi) is 4.96. The van der Waals surface area contributed by atoms with Crippen molar-refractivity contribution in [2.24, 2.45) is 5.73 Å². The SMILES string of the molecule is COc1ccccc1[C@@](N)(CC(=O)O)C(=O)OC(C)(C)C. The molecular formula is C15H21NO5. The maximum atomic E-state index is 12.4. The van der Waals surface area contributed by atoms with Gasteiger partial charge in [0, 0.05) is 5.56 Å². The van der Waals surface area contributed by atoms with Crippen molar-refractivity contribution in [3.63, 3.8) is 0 Å². The Bertz CT molecular complexity index is 535. The lowest BCUT2D eigenvalue weighted by Gasteiger charge is -2.31. The first-order valence-electron chi connectivity index (χ1n) is 6.48. The number of methoxy groups -OCH3 is 1. The maximum Gasteiger partial charge on any atom is 0.332 e. The summed E-state index contributed by atoms with van der Waals surface area (Å²) >= 11 is 0. The first kappa shape index (κ1) is 17.0. The van der Waals surface area contributed by atoms with E-state index in [0.717, 1.165) is 0 Å². The molecule has 21 heavy (non-hydrogen) atoms. The molecule has 1 rings (SSSR count). The molecule has 0 saturated heterocycles. The maximum absolute atomic E-state index is 12.4. The van der Waals surface area contributed by atoms with Gasteiger partial charge in [-0.2, -0.15) is 0 Å². The van der Waals surface area contributed by atoms with Gasteiger partial charge in [-0.3, -0.25) is 4.79 Å². The van der Waals surface area contributed by atoms with Gasteiger partial charge in [0.25, 0.3) is 0 Å². The third-order valence-corrected chi connectivity index (χ3v) is 2.78. The van der Waals surface area contributed by atoms with Crippen LogP contribution in [-0.2, 0) is 19.9 Å². The number of nitrogens with two attached hydrogens (primary N) is 1. The standard InChI is InChI=1S/C15H21NO5/c1-14(2,3)21-13(19)15(16,9-12(17)18)10-7-5-6-8-11(10)20-4/h5-8H,9,16H2,1-4H3,(H,17,18)/t15-/m0/s1. The van der Waals surface area contributed by atoms with Gasteiger partial charge in [0.1, 0.15) is 11.4 Å². The summed E-state index contributed by atoms with van der Waals surface area (Å²) in [5.74, 6) is -1.66. The molecule has 0 aliphatic rings. The summed E-state index contributed by atoms with van der Waals surface area (Å²) in [6.45, 7) is 5.07. The second-order valence-electron chi connectivity index (χ2n) is 5.74. The first-order chi connectivity index (χ1) is 9.60. The number of carbonyl (C=O) groups excluding carboxylic acids is 1. The van der Waals surface area contributed by atoms with Crippen LogP contribution in [0.3, 0.4) is 0 Å². The molecule has 0 aliphatic carbocycles. The summed E-state index contributed by atoms with van der Waals surface area (Å²) in [7, 11) is 1.43. The van der Waals surface area contributed by atoms with Gasteiger partial charge in [0.05, 0.1) is 13.5 Å². The predicted molar refractivity (Wildman–Crippen MR) is 77.0 cm³/mol. The summed E-state index contributed by atoms with van der Waals surface area (Å²) in [5.41, 5.74) is 3.80. The van der Waals surface area contributed by atoms with Gasteiger partial charge in [-0.05, 0) is 26.8 Å². The Labute approximate surface area is 123 Å². The zero-order chi connectivity index (χ0) is 16.3. The van der Waals surface area contributed by atoms with E-state index < -0.39 is 29.5 Å². The molecule has 0 aliphatic heterocycles. The van der Waals surface area contributed by atoms with E-state index >= 15 is 0 Å². The minimum absolute atomic E-state index is 0.282. The number of hydrogen-bond acceptors (Lipinski definition) is 5. The summed E-state index contributed by atoms with van der Waals surface area (Å²) in [5, 5.41) is 9.09. The molecule has 0 bridgehead atoms. The molecule has 0 heterocycles. The Morgan fingerprint density at radius 2 is 1.81 bits per heavy atom. The summed E-state index contributed by atoms with van der Waals surface area (Å²) in [6, 6.07) is 6.54. The second-order valence-corrected chi connectivity index (χ2v) is 5.74. The van der Waals surface area contributed by atoms with Crippen LogP contribution in [0.25, 0.3) is 0 Å². The highest BCUT2D eigenvalue weighted by atomic mass is 16.6. The number of carbonyl (C=O) groups is 2. The summed E-state index contributed by atoms with van der Waals surface area (Å²) in [6.07, 6.45) is -0.595. The highest BCUT2D eigenvalue weighted by Gasteiger charge is 2.43. The van der Waals surface area contributed by atoms with Crippen LogP contribution in [0.15, 0.2) is 24.3 Å². The Hall–Kier alpha value is -2.08. The topological polar surface area (TPSA) is 98.9 Å². The van der Waals surface area contributed by atoms with Crippen molar-refractivity contribution >= 4 is 11.9 Å². The number of benzene rings is 1. The van der Waals surface area contributed by atoms with E-state index in [-0.39, 0.29) is 5.56 Å². The lowest BCUT2D eigenvalue weighted by Crippen LogP contribution is -2.50. The van der Waals surface area contributed by atoms with Crippen molar-refractivity contribution in [1.82, 2.24) is 0 Å². The average Bonchev–Trinajstić information content (AvgIpc) is 2.35. The van der Waals surface area contributed by atoms with Gasteiger partial charge in [0.2, 0.25) is 0 Å². The van der Waals surface area contributed by atoms with E-state index in [1.807, 2.05) is 0 Å². The van der Waals surface area contributed by atoms with Crippen LogP contribution >= 0.6 is 0 Å². The molecule has 3 N–H and O–H groups in total. The fourth-order valence-electron chi connectivity index (χ4n) is 1.90. The molecule has 6 nitrogen and oxygen atoms in total. The number of rotatable bonds is 5. The van der Waals surface area contributed by atoms with Gasteiger partial charge in [-0.1, -0.05) is 18.2 Å². The molecular weight excluding hydrogens is 274 g/mol. The van der Waals surface area contributed by atoms with E-state index in [9.17, 15) is 9.59 Å². The third-order valence-electron chi connectivity index (χ3n) is 2.78. The normalized spacial score (nSPS) is 14.1. The lowest BCUT2D eigenvalue weighted by atomic mass is 9.86. The molecule has 0 spiro atoms. The van der Waals surface area contributed by atoms with Crippen LogP contribution in [-0.4, -0.2) is 29.8 Å². The van der Waals surface area contributed by atoms with Gasteiger partial charge in [-0.15, -0.1) is 0 Å². The van der Waals surface area contributed by atoms with Crippen molar-refractivity contribution < 1.29 is 24.2 Å². The van der Waals surface area contributed by atoms with Gasteiger partial charge in [-0.25, -0.2) is 4.79 Å². The van der Waals surface area contributed by atoms with Crippen molar-refractivity contribution in [1.29, 1.82) is 0 Å². The molecule has 116 valence electrons. The molecule has 1 aromatic carbocycles. The van der Waals surface area contributed by atoms with Crippen LogP contribution in [0.5, 0.6) is 5.75 Å². The number of hydrogen-bond donors (Lipinski definition) is 2. The van der Waals surface area contributed by atoms with Crippen LogP contribution in [0.1, 0.15) is 32.8 Å². The van der Waals surface area contributed by atoms with E-state index in [0.29, 0.717) is 5.75 Å². The summed E-state index contributed by atoms with van der Waals surface area (Å²) in [4.78, 5) is 23.5. The summed E-state index contributed by atoms with van der Waals surface area (Å²) < 4.78 is 10.4. The molecule has 0 fully saturated rings. The predicted octanol–water partition coefficient (Wildman–Crippen LogP) is 1.67. The van der Waals surface area contributed by atoms with Crippen molar-refractivity contribution in [2.75, 3.05) is 7.11 Å². The fourth-order valence-corrected chi connectivity index (χ4v) is 1.90. The molecule has 0 amide bonds. The van der Waals surface area contributed by atoms with Crippen molar-refractivity contribution in [2.45, 2.75) is 38.3 Å². The van der Waals surface area contributed by atoms with Crippen molar-refractivity contribution in [3.8, 4) is 5.75 Å². The quantitative estimate of drug-likeness (QED) is 0.802. The molecule has 6 heteroatoms. The van der Waals surface area contributed by atoms with E-state index in [2.05, 4.69) is 0 Å². The molecule has 0 unspecified atom stereocenters. The highest BCUT2D eigenvalue weighted by molar-refractivity contribution is 5.88. The van der Waals surface area contributed by atoms with E-state index in [1.54, 1.807) is 45.0 Å². The molecule has 1 atom stereocenters. The van der Waals surface area contributed by atoms with Crippen LogP contribution in [0.4, 0.5) is 0 Å². The number of aliphatic carboxylic acids is 1. The van der Waals surface area contributed by atoms with Crippen LogP contribution in [0, 0.1) is 0 Å². The minimum Gasteiger partial charge on any atom is -0.496 e. The monoisotopic (exact) mass is 295 g/mol. The molecule has 0 aromatic heterocycles. The highest BCUT2D eigenvalue weighted by Crippen LogP contribution is 2.33. The fraction of sp³-hybridized carbons (Fsp3) is 0.467. The van der Waals surface area contributed by atoms with Crippen LogP contribution < -0.4 is 10.5 Å². The number of esters is 1. The minimum atomic E-state index is -1.81. The van der Waals surface area contributed by atoms with Gasteiger partial charge in [0.15, 0.2) is 5.54 Å². The lowest BCUT2D eigenvalue weighted by molar-refractivity contribution is -0.165. The zero-order valence-corrected chi connectivity index (χ0v) is 12.7. The third kappa shape index (κ3) is 4.19. The number of para-hydroxylation sites is 1. The number of carboxylic acids is 1. The smallest absolute Gasteiger partial charge is 0.332 e. The number of ether oxygens (including phenoxy) is 2. The first-order valence-corrected chi connectivity index (χ1v) is 6.48. The van der Waals surface area contributed by atoms with E-state index in [1.165, 1.54) is 7.11 Å². The van der Waals surface area contributed by atoms with Crippen LogP contribution in [0.2, 0.25) is 0 Å². The van der Waals surface area contributed by atoms with Gasteiger partial charge >= 0.3 is 11.9 Å². The Morgan fingerprint density at radius 3 is 2.29 bits per heavy atom. The number of carboxylic acid groups (broad SMARTS) is 1. The van der Waals surface area contributed by atoms with E-state index in [4.69, 9.17) is 20.3 Å².